The minimum absolute atomic E-state index is 0.342. The molecule has 1 N–H and O–H groups in total. The van der Waals surface area contributed by atoms with Crippen LogP contribution in [0.1, 0.15) is 20.9 Å². The van der Waals surface area contributed by atoms with E-state index in [1.54, 1.807) is 14.0 Å². The van der Waals surface area contributed by atoms with Crippen molar-refractivity contribution >= 4 is 23.2 Å². The Bertz CT molecular complexity index is 984. The molecule has 0 aliphatic heterocycles. The van der Waals surface area contributed by atoms with Gasteiger partial charge >= 0.3 is 5.97 Å². The van der Waals surface area contributed by atoms with Crippen LogP contribution in [0.2, 0.25) is 0 Å². The first-order valence-corrected chi connectivity index (χ1v) is 9.88. The van der Waals surface area contributed by atoms with Gasteiger partial charge in [-0.25, -0.2) is 9.78 Å². The van der Waals surface area contributed by atoms with Crippen molar-refractivity contribution in [2.75, 3.05) is 14.2 Å². The van der Waals surface area contributed by atoms with E-state index in [2.05, 4.69) is 10.3 Å². The maximum absolute atomic E-state index is 12.9. The molecule has 0 saturated carbocycles. The van der Waals surface area contributed by atoms with Gasteiger partial charge in [0.2, 0.25) is 0 Å². The van der Waals surface area contributed by atoms with Gasteiger partial charge in [-0.15, -0.1) is 11.3 Å². The quantitative estimate of drug-likeness (QED) is 0.602. The second kappa shape index (κ2) is 9.34. The number of aryl methyl sites for hydroxylation is 1. The number of benzene rings is 2. The first-order chi connectivity index (χ1) is 14.0. The van der Waals surface area contributed by atoms with Crippen LogP contribution in [0.4, 0.5) is 0 Å². The number of carbonyl (C=O) groups is 2. The Labute approximate surface area is 173 Å². The average Bonchev–Trinajstić information content (AvgIpc) is 3.15. The number of nitrogens with one attached hydrogen (secondary N) is 1. The molecule has 1 heterocycles. The summed E-state index contributed by atoms with van der Waals surface area (Å²) in [6, 6.07) is 16.2. The number of esters is 1. The predicted octanol–water partition coefficient (Wildman–Crippen LogP) is 3.64. The number of carbonyl (C=O) groups excluding carboxylic acids is 2. The van der Waals surface area contributed by atoms with Gasteiger partial charge < -0.3 is 14.8 Å². The third kappa shape index (κ3) is 5.00. The van der Waals surface area contributed by atoms with Crippen molar-refractivity contribution < 1.29 is 19.1 Å². The molecule has 1 amide bonds. The SMILES string of the molecule is COC(=O)C(Cc1ccccc1)NC(=O)c1sc(-c2ccc(OC)cc2)nc1C. The molecule has 150 valence electrons. The lowest BCUT2D eigenvalue weighted by molar-refractivity contribution is -0.142. The molecule has 0 spiro atoms. The molecule has 0 saturated heterocycles. The summed E-state index contributed by atoms with van der Waals surface area (Å²) in [4.78, 5) is 30.0. The van der Waals surface area contributed by atoms with Gasteiger partial charge in [0.1, 0.15) is 21.7 Å². The molecule has 0 aliphatic carbocycles. The van der Waals surface area contributed by atoms with E-state index in [4.69, 9.17) is 9.47 Å². The van der Waals surface area contributed by atoms with Crippen LogP contribution in [-0.4, -0.2) is 37.1 Å². The van der Waals surface area contributed by atoms with Gasteiger partial charge in [-0.3, -0.25) is 4.79 Å². The monoisotopic (exact) mass is 410 g/mol. The van der Waals surface area contributed by atoms with E-state index in [0.717, 1.165) is 21.9 Å². The molecule has 6 nitrogen and oxygen atoms in total. The first-order valence-electron chi connectivity index (χ1n) is 9.06. The molecular weight excluding hydrogens is 388 g/mol. The van der Waals surface area contributed by atoms with Gasteiger partial charge in [0, 0.05) is 12.0 Å². The van der Waals surface area contributed by atoms with Gasteiger partial charge in [0.15, 0.2) is 0 Å². The molecule has 1 aromatic heterocycles. The number of thiazole rings is 1. The Kier molecular flexibility index (Phi) is 6.61. The van der Waals surface area contributed by atoms with Crippen molar-refractivity contribution in [2.24, 2.45) is 0 Å². The van der Waals surface area contributed by atoms with Crippen molar-refractivity contribution in [2.45, 2.75) is 19.4 Å². The second-order valence-electron chi connectivity index (χ2n) is 6.40. The highest BCUT2D eigenvalue weighted by Crippen LogP contribution is 2.29. The van der Waals surface area contributed by atoms with Gasteiger partial charge in [-0.05, 0) is 36.8 Å². The summed E-state index contributed by atoms with van der Waals surface area (Å²) < 4.78 is 10.0. The van der Waals surface area contributed by atoms with Gasteiger partial charge in [-0.2, -0.15) is 0 Å². The lowest BCUT2D eigenvalue weighted by Crippen LogP contribution is -2.43. The lowest BCUT2D eigenvalue weighted by atomic mass is 10.1. The average molecular weight is 410 g/mol. The van der Waals surface area contributed by atoms with Crippen LogP contribution < -0.4 is 10.1 Å². The Hall–Kier alpha value is -3.19. The number of hydrogen-bond acceptors (Lipinski definition) is 6. The Morgan fingerprint density at radius 1 is 1.07 bits per heavy atom. The second-order valence-corrected chi connectivity index (χ2v) is 7.40. The fourth-order valence-corrected chi connectivity index (χ4v) is 3.85. The van der Waals surface area contributed by atoms with Crippen LogP contribution in [0.3, 0.4) is 0 Å². The van der Waals surface area contributed by atoms with Crippen molar-refractivity contribution in [1.29, 1.82) is 0 Å². The summed E-state index contributed by atoms with van der Waals surface area (Å²) in [7, 11) is 2.92. The highest BCUT2D eigenvalue weighted by atomic mass is 32.1. The minimum Gasteiger partial charge on any atom is -0.497 e. The van der Waals surface area contributed by atoms with E-state index in [1.165, 1.54) is 18.4 Å². The van der Waals surface area contributed by atoms with E-state index in [1.807, 2.05) is 54.6 Å². The van der Waals surface area contributed by atoms with E-state index in [0.29, 0.717) is 17.0 Å². The Morgan fingerprint density at radius 3 is 2.38 bits per heavy atom. The molecule has 0 fully saturated rings. The Balaban J connectivity index is 1.79. The fraction of sp³-hybridized carbons (Fsp3) is 0.227. The molecule has 0 aliphatic rings. The number of rotatable bonds is 7. The molecule has 0 radical (unpaired) electrons. The third-order valence-electron chi connectivity index (χ3n) is 4.41. The van der Waals surface area contributed by atoms with Crippen LogP contribution >= 0.6 is 11.3 Å². The van der Waals surface area contributed by atoms with Crippen molar-refractivity contribution in [3.8, 4) is 16.3 Å². The summed E-state index contributed by atoms with van der Waals surface area (Å²) in [6.07, 6.45) is 0.350. The molecule has 1 unspecified atom stereocenters. The zero-order chi connectivity index (χ0) is 20.8. The third-order valence-corrected chi connectivity index (χ3v) is 5.62. The highest BCUT2D eigenvalue weighted by Gasteiger charge is 2.25. The maximum Gasteiger partial charge on any atom is 0.328 e. The molecule has 3 rings (SSSR count). The van der Waals surface area contributed by atoms with Gasteiger partial charge in [0.25, 0.3) is 5.91 Å². The highest BCUT2D eigenvalue weighted by molar-refractivity contribution is 7.17. The number of hydrogen-bond donors (Lipinski definition) is 1. The zero-order valence-corrected chi connectivity index (χ0v) is 17.3. The minimum atomic E-state index is -0.777. The van der Waals surface area contributed by atoms with E-state index >= 15 is 0 Å². The normalized spacial score (nSPS) is 11.6. The van der Waals surface area contributed by atoms with Crippen molar-refractivity contribution in [3.05, 3.63) is 70.7 Å². The lowest BCUT2D eigenvalue weighted by Gasteiger charge is -2.16. The standard InChI is InChI=1S/C22H22N2O4S/c1-14-19(29-21(23-14)16-9-11-17(27-2)12-10-16)20(25)24-18(22(26)28-3)13-15-7-5-4-6-8-15/h4-12,18H,13H2,1-3H3,(H,24,25). The fourth-order valence-electron chi connectivity index (χ4n) is 2.87. The van der Waals surface area contributed by atoms with E-state index in [-0.39, 0.29) is 5.91 Å². The van der Waals surface area contributed by atoms with Crippen LogP contribution in [0.15, 0.2) is 54.6 Å². The number of methoxy groups -OCH3 is 2. The maximum atomic E-state index is 12.9. The molecule has 1 atom stereocenters. The van der Waals surface area contributed by atoms with E-state index < -0.39 is 12.0 Å². The predicted molar refractivity (Wildman–Crippen MR) is 112 cm³/mol. The molecule has 29 heavy (non-hydrogen) atoms. The summed E-state index contributed by atoms with van der Waals surface area (Å²) in [5.41, 5.74) is 2.44. The topological polar surface area (TPSA) is 77.5 Å². The van der Waals surface area contributed by atoms with Crippen LogP contribution in [0.25, 0.3) is 10.6 Å². The summed E-state index contributed by atoms with van der Waals surface area (Å²) in [6.45, 7) is 1.78. The number of nitrogens with zero attached hydrogens (tertiary/aromatic N) is 1. The van der Waals surface area contributed by atoms with Gasteiger partial charge in [-0.1, -0.05) is 30.3 Å². The van der Waals surface area contributed by atoms with Crippen LogP contribution in [-0.2, 0) is 16.0 Å². The van der Waals surface area contributed by atoms with E-state index in [9.17, 15) is 9.59 Å². The summed E-state index contributed by atoms with van der Waals surface area (Å²) in [5.74, 6) is -0.0762. The zero-order valence-electron chi connectivity index (χ0n) is 16.5. The largest absolute Gasteiger partial charge is 0.497 e. The molecular formula is C22H22N2O4S. The Morgan fingerprint density at radius 2 is 1.76 bits per heavy atom. The van der Waals surface area contributed by atoms with Crippen molar-refractivity contribution in [3.63, 3.8) is 0 Å². The smallest absolute Gasteiger partial charge is 0.328 e. The molecule has 2 aromatic carbocycles. The summed E-state index contributed by atoms with van der Waals surface area (Å²) in [5, 5.41) is 3.52. The van der Waals surface area contributed by atoms with Crippen LogP contribution in [0.5, 0.6) is 5.75 Å². The molecule has 0 bridgehead atoms. The first kappa shape index (κ1) is 20.5. The van der Waals surface area contributed by atoms with Crippen molar-refractivity contribution in [1.82, 2.24) is 10.3 Å². The number of ether oxygens (including phenoxy) is 2. The molecule has 3 aromatic rings. The number of aromatic nitrogens is 1. The van der Waals surface area contributed by atoms with Gasteiger partial charge in [0.05, 0.1) is 19.9 Å². The number of amides is 1. The summed E-state index contributed by atoms with van der Waals surface area (Å²) >= 11 is 1.29. The molecule has 7 heteroatoms. The van der Waals surface area contributed by atoms with Crippen LogP contribution in [0, 0.1) is 6.92 Å².